The smallest absolute Gasteiger partial charge is 0.176 e. The molecule has 36 valence electrons. The van der Waals surface area contributed by atoms with Gasteiger partial charge in [-0.15, -0.1) is 0 Å². The molecule has 1 saturated heterocycles. The lowest BCUT2D eigenvalue weighted by molar-refractivity contribution is 0.881. The van der Waals surface area contributed by atoms with Crippen molar-refractivity contribution in [1.29, 1.82) is 0 Å². The normalized spacial score (nSPS) is 21.7. The molecule has 0 aromatic carbocycles. The Morgan fingerprint density at radius 1 is 1.00 bits per heavy atom. The summed E-state index contributed by atoms with van der Waals surface area (Å²) in [7, 11) is 0. The maximum absolute atomic E-state index is 2.28. The fourth-order valence-corrected chi connectivity index (χ4v) is 1.40. The summed E-state index contributed by atoms with van der Waals surface area (Å²) in [6, 6.07) is 0. The molecule has 0 aromatic rings. The molecule has 0 N–H and O–H groups in total. The highest BCUT2D eigenvalue weighted by Crippen LogP contribution is 2.12. The highest BCUT2D eigenvalue weighted by molar-refractivity contribution is 8.40. The predicted octanol–water partition coefficient (Wildman–Crippen LogP) is 1.59. The Morgan fingerprint density at radius 3 is 2.14 bits per heavy atom. The van der Waals surface area contributed by atoms with Crippen molar-refractivity contribution in [2.75, 3.05) is 0 Å². The molecule has 0 aromatic heterocycles. The van der Waals surface area contributed by atoms with E-state index in [1.165, 1.54) is 25.5 Å². The van der Waals surface area contributed by atoms with Crippen LogP contribution >= 0.6 is 11.5 Å². The summed E-state index contributed by atoms with van der Waals surface area (Å²) in [6.45, 7) is 4.57. The van der Waals surface area contributed by atoms with Gasteiger partial charge in [0, 0.05) is 0 Å². The van der Waals surface area contributed by atoms with Crippen LogP contribution in [0.4, 0.5) is 0 Å². The molecule has 1 fully saturated rings. The van der Waals surface area contributed by atoms with Crippen molar-refractivity contribution in [2.24, 2.45) is 0 Å². The average Bonchev–Trinajstić information content (AvgIpc) is 1.90. The van der Waals surface area contributed by atoms with Gasteiger partial charge in [0.25, 0.3) is 0 Å². The minimum atomic E-state index is 1.31. The van der Waals surface area contributed by atoms with Gasteiger partial charge in [0.15, 0.2) is 13.1 Å². The Labute approximate surface area is 50.7 Å². The van der Waals surface area contributed by atoms with Crippen molar-refractivity contribution in [3.63, 3.8) is 0 Å². The van der Waals surface area contributed by atoms with Gasteiger partial charge in [-0.05, 0) is 0 Å². The minimum absolute atomic E-state index is 1.31. The van der Waals surface area contributed by atoms with Gasteiger partial charge in [-0.1, -0.05) is 25.5 Å². The van der Waals surface area contributed by atoms with Crippen LogP contribution in [-0.4, -0.2) is 13.1 Å². The second-order valence-corrected chi connectivity index (χ2v) is 2.69. The lowest BCUT2D eigenvalue weighted by Crippen LogP contribution is -1.80. The first kappa shape index (κ1) is 5.61. The minimum Gasteiger partial charge on any atom is -0.268 e. The zero-order valence-corrected chi connectivity index (χ0v) is 5.21. The van der Waals surface area contributed by atoms with Gasteiger partial charge in [-0.2, -0.15) is 0 Å². The van der Waals surface area contributed by atoms with Crippen LogP contribution in [0.2, 0.25) is 12.6 Å². The van der Waals surface area contributed by atoms with Gasteiger partial charge >= 0.3 is 0 Å². The van der Waals surface area contributed by atoms with Crippen molar-refractivity contribution < 1.29 is 0 Å². The van der Waals surface area contributed by atoms with Crippen LogP contribution < -0.4 is 0 Å². The Morgan fingerprint density at radius 2 is 1.57 bits per heavy atom. The van der Waals surface area contributed by atoms with Crippen molar-refractivity contribution >= 4 is 24.6 Å². The fraction of sp³-hybridized carbons (Fsp3) is 1.00. The summed E-state index contributed by atoms with van der Waals surface area (Å²) in [5, 5.41) is 0. The fourth-order valence-electron chi connectivity index (χ4n) is 0.659. The van der Waals surface area contributed by atoms with Crippen LogP contribution in [0.15, 0.2) is 0 Å². The van der Waals surface area contributed by atoms with Crippen molar-refractivity contribution in [3.05, 3.63) is 0 Å². The first-order valence-electron chi connectivity index (χ1n) is 2.79. The zero-order valence-electron chi connectivity index (χ0n) is 4.39. The molecule has 1 aliphatic rings. The third-order valence-corrected chi connectivity index (χ3v) is 1.94. The van der Waals surface area contributed by atoms with E-state index in [1.54, 1.807) is 0 Å². The van der Waals surface area contributed by atoms with E-state index in [2.05, 4.69) is 13.1 Å². The molecule has 0 unspecified atom stereocenters. The van der Waals surface area contributed by atoms with E-state index in [-0.39, 0.29) is 0 Å². The van der Waals surface area contributed by atoms with Crippen molar-refractivity contribution in [1.82, 2.24) is 0 Å². The second-order valence-electron chi connectivity index (χ2n) is 1.75. The second kappa shape index (κ2) is 3.48. The molecule has 1 aliphatic heterocycles. The first-order chi connectivity index (χ1) is 3.50. The molecule has 0 atom stereocenters. The Kier molecular flexibility index (Phi) is 2.79. The molecule has 0 nitrogen and oxygen atoms in total. The lowest BCUT2D eigenvalue weighted by Gasteiger charge is -1.84. The Hall–Kier alpha value is 0.480. The lowest BCUT2D eigenvalue weighted by atomic mass is 9.94. The van der Waals surface area contributed by atoms with E-state index in [4.69, 9.17) is 0 Å². The summed E-state index contributed by atoms with van der Waals surface area (Å²) < 4.78 is 0. The van der Waals surface area contributed by atoms with Crippen LogP contribution in [0, 0.1) is 0 Å². The Bertz CT molecular complexity index is 29.3. The largest absolute Gasteiger partial charge is 0.268 e. The van der Waals surface area contributed by atoms with Crippen LogP contribution in [0.1, 0.15) is 12.8 Å². The Balaban J connectivity index is 2.04. The molecule has 0 aliphatic carbocycles. The predicted molar refractivity (Wildman–Crippen MR) is 37.9 cm³/mol. The molecule has 0 saturated carbocycles. The van der Waals surface area contributed by atoms with Crippen LogP contribution in [0.3, 0.4) is 0 Å². The van der Waals surface area contributed by atoms with E-state index in [9.17, 15) is 0 Å². The van der Waals surface area contributed by atoms with Crippen LogP contribution in [0.25, 0.3) is 0 Å². The SMILES string of the molecule is [B]1CCCC[B]S1. The monoisotopic (exact) mass is 110 g/mol. The van der Waals surface area contributed by atoms with Crippen molar-refractivity contribution in [2.45, 2.75) is 25.5 Å². The van der Waals surface area contributed by atoms with Crippen molar-refractivity contribution in [3.8, 4) is 0 Å². The summed E-state index contributed by atoms with van der Waals surface area (Å²) in [6.07, 6.45) is 5.40. The molecule has 2 radical (unpaired) electrons. The topological polar surface area (TPSA) is 0 Å². The average molecular weight is 110 g/mol. The van der Waals surface area contributed by atoms with Crippen LogP contribution in [-0.2, 0) is 0 Å². The number of hydrogen-bond donors (Lipinski definition) is 0. The van der Waals surface area contributed by atoms with Gasteiger partial charge in [0.2, 0.25) is 0 Å². The van der Waals surface area contributed by atoms with Gasteiger partial charge in [-0.3, -0.25) is 11.5 Å². The van der Waals surface area contributed by atoms with Gasteiger partial charge < -0.3 is 0 Å². The van der Waals surface area contributed by atoms with Gasteiger partial charge in [-0.25, -0.2) is 0 Å². The molecule has 1 rings (SSSR count). The summed E-state index contributed by atoms with van der Waals surface area (Å²) in [5.41, 5.74) is 0. The zero-order chi connectivity index (χ0) is 4.95. The summed E-state index contributed by atoms with van der Waals surface area (Å²) in [5.74, 6) is 0. The number of rotatable bonds is 0. The van der Waals surface area contributed by atoms with E-state index in [0.29, 0.717) is 0 Å². The highest BCUT2D eigenvalue weighted by Gasteiger charge is 1.99. The maximum atomic E-state index is 2.28. The van der Waals surface area contributed by atoms with Gasteiger partial charge in [0.1, 0.15) is 0 Å². The molecule has 3 heteroatoms. The van der Waals surface area contributed by atoms with E-state index in [0.717, 1.165) is 0 Å². The molecule has 7 heavy (non-hydrogen) atoms. The molecule has 0 spiro atoms. The summed E-state index contributed by atoms with van der Waals surface area (Å²) >= 11 is 1.87. The third-order valence-electron chi connectivity index (χ3n) is 1.09. The molecular formula is C4H8B2S. The highest BCUT2D eigenvalue weighted by atomic mass is 32.2. The van der Waals surface area contributed by atoms with Gasteiger partial charge in [0.05, 0.1) is 0 Å². The van der Waals surface area contributed by atoms with Crippen LogP contribution in [0.5, 0.6) is 0 Å². The number of hydrogen-bond acceptors (Lipinski definition) is 1. The molecule has 1 heterocycles. The standard InChI is InChI=1S/C4H8B2S/c1-2-4-6-7-5-3-1/h1-4H2. The molecule has 0 amide bonds. The van der Waals surface area contributed by atoms with E-state index >= 15 is 0 Å². The first-order valence-corrected chi connectivity index (χ1v) is 3.73. The van der Waals surface area contributed by atoms with E-state index < -0.39 is 0 Å². The third kappa shape index (κ3) is 2.32. The van der Waals surface area contributed by atoms with E-state index in [1.807, 2.05) is 11.5 Å². The quantitative estimate of drug-likeness (QED) is 0.426. The molecular weight excluding hydrogens is 102 g/mol. The summed E-state index contributed by atoms with van der Waals surface area (Å²) in [4.78, 5) is 0. The molecule has 0 bridgehead atoms. The maximum Gasteiger partial charge on any atom is 0.176 e.